The highest BCUT2D eigenvalue weighted by molar-refractivity contribution is 5.75. The number of hydrogen-bond donors (Lipinski definition) is 0. The van der Waals surface area contributed by atoms with Crippen molar-refractivity contribution in [3.63, 3.8) is 0 Å². The summed E-state index contributed by atoms with van der Waals surface area (Å²) in [6, 6.07) is 0. The van der Waals surface area contributed by atoms with Crippen LogP contribution in [0.5, 0.6) is 0 Å². The maximum absolute atomic E-state index is 11.3. The molecule has 1 fully saturated rings. The van der Waals surface area contributed by atoms with Crippen molar-refractivity contribution in [2.45, 2.75) is 25.0 Å². The molecule has 2 aliphatic rings. The van der Waals surface area contributed by atoms with Crippen molar-refractivity contribution < 1.29 is 14.3 Å². The monoisotopic (exact) mass is 168 g/mol. The van der Waals surface area contributed by atoms with Crippen molar-refractivity contribution in [1.29, 1.82) is 0 Å². The highest BCUT2D eigenvalue weighted by atomic mass is 16.5. The molecule has 12 heavy (non-hydrogen) atoms. The van der Waals surface area contributed by atoms with E-state index >= 15 is 0 Å². The Kier molecular flexibility index (Phi) is 1.51. The first-order valence-electron chi connectivity index (χ1n) is 4.11. The molecule has 2 rings (SSSR count). The van der Waals surface area contributed by atoms with Gasteiger partial charge in [-0.2, -0.15) is 0 Å². The van der Waals surface area contributed by atoms with E-state index in [1.807, 2.05) is 19.1 Å². The number of esters is 1. The maximum atomic E-state index is 11.3. The second-order valence-electron chi connectivity index (χ2n) is 3.51. The molecule has 3 atom stereocenters. The minimum absolute atomic E-state index is 0.113. The number of ether oxygens (including phenoxy) is 2. The molecular formula is C9H12O3. The molecule has 0 amide bonds. The van der Waals surface area contributed by atoms with Gasteiger partial charge in [0.15, 0.2) is 0 Å². The van der Waals surface area contributed by atoms with Crippen LogP contribution in [0.4, 0.5) is 0 Å². The van der Waals surface area contributed by atoms with Gasteiger partial charge in [-0.15, -0.1) is 0 Å². The highest BCUT2D eigenvalue weighted by Gasteiger charge is 2.50. The van der Waals surface area contributed by atoms with Crippen molar-refractivity contribution in [3.05, 3.63) is 12.2 Å². The summed E-state index contributed by atoms with van der Waals surface area (Å²) in [6.07, 6.45) is 4.86. The second kappa shape index (κ2) is 2.33. The lowest BCUT2D eigenvalue weighted by Crippen LogP contribution is -2.34. The van der Waals surface area contributed by atoms with E-state index in [1.165, 1.54) is 7.11 Å². The van der Waals surface area contributed by atoms with E-state index in [4.69, 9.17) is 9.47 Å². The smallest absolute Gasteiger partial charge is 0.312 e. The van der Waals surface area contributed by atoms with Crippen LogP contribution >= 0.6 is 0 Å². The topological polar surface area (TPSA) is 35.5 Å². The Morgan fingerprint density at radius 2 is 2.50 bits per heavy atom. The number of rotatable bonds is 1. The fourth-order valence-corrected chi connectivity index (χ4v) is 1.97. The second-order valence-corrected chi connectivity index (χ2v) is 3.51. The lowest BCUT2D eigenvalue weighted by atomic mass is 9.84. The number of methoxy groups -OCH3 is 1. The molecule has 0 aromatic rings. The first kappa shape index (κ1) is 7.80. The Morgan fingerprint density at radius 1 is 1.75 bits per heavy atom. The SMILES string of the molecule is COC(=O)[C@@H]1C[C@H]2C=C[C@]1(C)O2. The highest BCUT2D eigenvalue weighted by Crippen LogP contribution is 2.43. The van der Waals surface area contributed by atoms with Crippen molar-refractivity contribution in [1.82, 2.24) is 0 Å². The van der Waals surface area contributed by atoms with Crippen molar-refractivity contribution in [2.75, 3.05) is 7.11 Å². The van der Waals surface area contributed by atoms with Gasteiger partial charge in [0.2, 0.25) is 0 Å². The number of fused-ring (bicyclic) bond motifs is 2. The summed E-state index contributed by atoms with van der Waals surface area (Å²) in [7, 11) is 1.42. The van der Waals surface area contributed by atoms with Crippen LogP contribution in [0.25, 0.3) is 0 Å². The van der Waals surface area contributed by atoms with E-state index in [-0.39, 0.29) is 18.0 Å². The van der Waals surface area contributed by atoms with Crippen LogP contribution in [-0.4, -0.2) is 24.8 Å². The molecule has 0 N–H and O–H groups in total. The molecule has 0 unspecified atom stereocenters. The van der Waals surface area contributed by atoms with Crippen molar-refractivity contribution in [2.24, 2.45) is 5.92 Å². The van der Waals surface area contributed by atoms with Gasteiger partial charge in [0, 0.05) is 0 Å². The summed E-state index contributed by atoms with van der Waals surface area (Å²) in [6.45, 7) is 1.93. The fraction of sp³-hybridized carbons (Fsp3) is 0.667. The molecule has 1 saturated heterocycles. The van der Waals surface area contributed by atoms with E-state index in [1.54, 1.807) is 0 Å². The van der Waals surface area contributed by atoms with Gasteiger partial charge in [0.1, 0.15) is 0 Å². The molecule has 3 heteroatoms. The molecule has 0 radical (unpaired) electrons. The number of carbonyl (C=O) groups is 1. The van der Waals surface area contributed by atoms with Crippen molar-refractivity contribution in [3.8, 4) is 0 Å². The van der Waals surface area contributed by atoms with E-state index in [2.05, 4.69) is 0 Å². The third kappa shape index (κ3) is 0.894. The Labute approximate surface area is 71.3 Å². The average molecular weight is 168 g/mol. The maximum Gasteiger partial charge on any atom is 0.312 e. The van der Waals surface area contributed by atoms with Crippen molar-refractivity contribution >= 4 is 5.97 Å². The van der Waals surface area contributed by atoms with Gasteiger partial charge in [-0.25, -0.2) is 0 Å². The summed E-state index contributed by atoms with van der Waals surface area (Å²) in [5, 5.41) is 0. The summed E-state index contributed by atoms with van der Waals surface area (Å²) in [5.41, 5.74) is -0.405. The molecule has 2 heterocycles. The van der Waals surface area contributed by atoms with Crippen LogP contribution in [-0.2, 0) is 14.3 Å². The molecule has 2 aliphatic heterocycles. The fourth-order valence-electron chi connectivity index (χ4n) is 1.97. The van der Waals surface area contributed by atoms with E-state index < -0.39 is 5.60 Å². The Hall–Kier alpha value is -0.830. The van der Waals surface area contributed by atoms with E-state index in [0.717, 1.165) is 6.42 Å². The summed E-state index contributed by atoms with van der Waals surface area (Å²) >= 11 is 0. The van der Waals surface area contributed by atoms with Crippen LogP contribution in [0, 0.1) is 5.92 Å². The number of hydrogen-bond acceptors (Lipinski definition) is 3. The summed E-state index contributed by atoms with van der Waals surface area (Å²) in [4.78, 5) is 11.3. The zero-order chi connectivity index (χ0) is 8.77. The van der Waals surface area contributed by atoms with Gasteiger partial charge in [0.05, 0.1) is 24.7 Å². The lowest BCUT2D eigenvalue weighted by Gasteiger charge is -2.23. The predicted molar refractivity (Wildman–Crippen MR) is 42.5 cm³/mol. The third-order valence-electron chi connectivity index (χ3n) is 2.69. The third-order valence-corrected chi connectivity index (χ3v) is 2.69. The molecule has 0 aromatic heterocycles. The van der Waals surface area contributed by atoms with Crippen LogP contribution in [0.2, 0.25) is 0 Å². The molecule has 2 bridgehead atoms. The zero-order valence-electron chi connectivity index (χ0n) is 7.24. The van der Waals surface area contributed by atoms with Gasteiger partial charge < -0.3 is 9.47 Å². The molecule has 0 aromatic carbocycles. The Bertz CT molecular complexity index is 246. The van der Waals surface area contributed by atoms with E-state index in [0.29, 0.717) is 0 Å². The van der Waals surface area contributed by atoms with Crippen LogP contribution in [0.1, 0.15) is 13.3 Å². The normalized spacial score (nSPS) is 43.5. The Balaban J connectivity index is 2.21. The summed E-state index contributed by atoms with van der Waals surface area (Å²) in [5.74, 6) is -0.276. The molecule has 0 spiro atoms. The minimum Gasteiger partial charge on any atom is -0.469 e. The molecule has 0 saturated carbocycles. The average Bonchev–Trinajstić information content (AvgIpc) is 2.57. The molecular weight excluding hydrogens is 156 g/mol. The predicted octanol–water partition coefficient (Wildman–Crippen LogP) is 0.893. The van der Waals surface area contributed by atoms with Gasteiger partial charge in [-0.1, -0.05) is 12.2 Å². The molecule has 66 valence electrons. The van der Waals surface area contributed by atoms with Crippen LogP contribution < -0.4 is 0 Å². The van der Waals surface area contributed by atoms with Crippen LogP contribution in [0.15, 0.2) is 12.2 Å². The van der Waals surface area contributed by atoms with Gasteiger partial charge in [0.25, 0.3) is 0 Å². The van der Waals surface area contributed by atoms with E-state index in [9.17, 15) is 4.79 Å². The van der Waals surface area contributed by atoms with Crippen LogP contribution in [0.3, 0.4) is 0 Å². The zero-order valence-corrected chi connectivity index (χ0v) is 7.24. The quantitative estimate of drug-likeness (QED) is 0.431. The number of carbonyl (C=O) groups excluding carboxylic acids is 1. The molecule has 3 nitrogen and oxygen atoms in total. The molecule has 0 aliphatic carbocycles. The Morgan fingerprint density at radius 3 is 2.92 bits per heavy atom. The minimum atomic E-state index is -0.405. The van der Waals surface area contributed by atoms with Gasteiger partial charge in [-0.3, -0.25) is 4.79 Å². The van der Waals surface area contributed by atoms with Gasteiger partial charge >= 0.3 is 5.97 Å². The standard InChI is InChI=1S/C9H12O3/c1-9-4-3-6(12-9)5-7(9)8(10)11-2/h3-4,6-7H,5H2,1-2H3/t6-,7+,9+/m1/s1. The van der Waals surface area contributed by atoms with Gasteiger partial charge in [-0.05, 0) is 13.3 Å². The summed E-state index contributed by atoms with van der Waals surface area (Å²) < 4.78 is 10.3. The first-order chi connectivity index (χ1) is 5.65. The lowest BCUT2D eigenvalue weighted by molar-refractivity contribution is -0.149. The largest absolute Gasteiger partial charge is 0.469 e. The first-order valence-corrected chi connectivity index (χ1v) is 4.11.